The van der Waals surface area contributed by atoms with Gasteiger partial charge < -0.3 is 10.2 Å². The van der Waals surface area contributed by atoms with Crippen LogP contribution in [0.2, 0.25) is 0 Å². The monoisotopic (exact) mass is 272 g/mol. The van der Waals surface area contributed by atoms with Gasteiger partial charge in [0.05, 0.1) is 0 Å². The van der Waals surface area contributed by atoms with E-state index in [1.165, 1.54) is 11.1 Å². The van der Waals surface area contributed by atoms with Crippen LogP contribution in [0.15, 0.2) is 18.2 Å². The van der Waals surface area contributed by atoms with E-state index < -0.39 is 0 Å². The number of amides is 2. The molecule has 1 aromatic carbocycles. The summed E-state index contributed by atoms with van der Waals surface area (Å²) in [7, 11) is 0. The van der Waals surface area contributed by atoms with Crippen LogP contribution in [-0.2, 0) is 9.59 Å². The predicted octanol–water partition coefficient (Wildman–Crippen LogP) is 1.93. The lowest BCUT2D eigenvalue weighted by molar-refractivity contribution is -0.126. The molecular weight excluding hydrogens is 252 g/mol. The molecule has 106 valence electrons. The van der Waals surface area contributed by atoms with Crippen LogP contribution in [0.1, 0.15) is 30.4 Å². The topological polar surface area (TPSA) is 49.4 Å². The molecule has 1 atom stereocenters. The van der Waals surface area contributed by atoms with E-state index in [9.17, 15) is 9.59 Å². The zero-order chi connectivity index (χ0) is 14.3. The number of rotatable bonds is 2. The molecule has 3 rings (SSSR count). The zero-order valence-electron chi connectivity index (χ0n) is 12.0. The van der Waals surface area contributed by atoms with Crippen molar-refractivity contribution < 1.29 is 9.59 Å². The predicted molar refractivity (Wildman–Crippen MR) is 77.5 cm³/mol. The quantitative estimate of drug-likeness (QED) is 0.894. The van der Waals surface area contributed by atoms with E-state index in [0.717, 1.165) is 18.5 Å². The summed E-state index contributed by atoms with van der Waals surface area (Å²) in [6, 6.07) is 5.71. The summed E-state index contributed by atoms with van der Waals surface area (Å²) in [5, 5.41) is 2.89. The average molecular weight is 272 g/mol. The molecule has 1 aromatic rings. The van der Waals surface area contributed by atoms with E-state index in [1.54, 1.807) is 4.90 Å². The maximum atomic E-state index is 12.7. The Bertz CT molecular complexity index is 564. The van der Waals surface area contributed by atoms with Crippen LogP contribution in [-0.4, -0.2) is 24.4 Å². The highest BCUT2D eigenvalue weighted by atomic mass is 16.2. The molecule has 0 radical (unpaired) electrons. The summed E-state index contributed by atoms with van der Waals surface area (Å²) in [6.07, 6.45) is 2.46. The normalized spacial score (nSPS) is 23.5. The Labute approximate surface area is 119 Å². The van der Waals surface area contributed by atoms with Gasteiger partial charge in [0.25, 0.3) is 0 Å². The first-order valence-corrected chi connectivity index (χ1v) is 7.24. The number of nitrogens with zero attached hydrogens (tertiary/aromatic N) is 1. The molecule has 2 aliphatic rings. The number of carbonyl (C=O) groups excluding carboxylic acids is 2. The highest BCUT2D eigenvalue weighted by Crippen LogP contribution is 2.35. The highest BCUT2D eigenvalue weighted by molar-refractivity contribution is 6.01. The second-order valence-corrected chi connectivity index (χ2v) is 5.89. The smallest absolute Gasteiger partial charge is 0.249 e. The van der Waals surface area contributed by atoms with Gasteiger partial charge in [0.15, 0.2) is 0 Å². The van der Waals surface area contributed by atoms with Gasteiger partial charge in [0, 0.05) is 18.7 Å². The first kappa shape index (κ1) is 13.2. The van der Waals surface area contributed by atoms with Crippen LogP contribution >= 0.6 is 0 Å². The third-order valence-corrected chi connectivity index (χ3v) is 4.31. The van der Waals surface area contributed by atoms with Crippen LogP contribution in [0, 0.1) is 19.8 Å². The minimum atomic E-state index is -0.327. The molecule has 2 amide bonds. The Hall–Kier alpha value is -1.84. The SMILES string of the molecule is Cc1ccc(N2CCC(=O)NC(C3CC3)C2=O)cc1C. The Morgan fingerprint density at radius 3 is 2.55 bits per heavy atom. The second kappa shape index (κ2) is 4.93. The van der Waals surface area contributed by atoms with Crippen molar-refractivity contribution in [3.8, 4) is 0 Å². The van der Waals surface area contributed by atoms with Gasteiger partial charge in [0.2, 0.25) is 11.8 Å². The molecule has 1 aliphatic carbocycles. The van der Waals surface area contributed by atoms with Crippen molar-refractivity contribution in [1.29, 1.82) is 0 Å². The minimum Gasteiger partial charge on any atom is -0.344 e. The fourth-order valence-electron chi connectivity index (χ4n) is 2.70. The molecule has 2 fully saturated rings. The average Bonchev–Trinajstić information content (AvgIpc) is 3.23. The van der Waals surface area contributed by atoms with E-state index in [1.807, 2.05) is 25.1 Å². The molecule has 1 saturated heterocycles. The summed E-state index contributed by atoms with van der Waals surface area (Å²) >= 11 is 0. The molecule has 4 heteroatoms. The third kappa shape index (κ3) is 2.42. The molecule has 4 nitrogen and oxygen atoms in total. The molecule has 1 heterocycles. The number of hydrogen-bond acceptors (Lipinski definition) is 2. The maximum absolute atomic E-state index is 12.7. The summed E-state index contributed by atoms with van der Waals surface area (Å²) in [4.78, 5) is 26.2. The number of benzene rings is 1. The van der Waals surface area contributed by atoms with Gasteiger partial charge >= 0.3 is 0 Å². The van der Waals surface area contributed by atoms with Crippen molar-refractivity contribution >= 4 is 17.5 Å². The molecule has 0 spiro atoms. The van der Waals surface area contributed by atoms with Crippen LogP contribution in [0.4, 0.5) is 5.69 Å². The molecule has 0 bridgehead atoms. The van der Waals surface area contributed by atoms with E-state index in [4.69, 9.17) is 0 Å². The van der Waals surface area contributed by atoms with Gasteiger partial charge in [-0.15, -0.1) is 0 Å². The van der Waals surface area contributed by atoms with Gasteiger partial charge in [-0.05, 0) is 55.9 Å². The van der Waals surface area contributed by atoms with Crippen molar-refractivity contribution in [1.82, 2.24) is 5.32 Å². The van der Waals surface area contributed by atoms with E-state index >= 15 is 0 Å². The summed E-state index contributed by atoms with van der Waals surface area (Å²) in [6.45, 7) is 4.57. The fraction of sp³-hybridized carbons (Fsp3) is 0.500. The molecule has 0 aromatic heterocycles. The lowest BCUT2D eigenvalue weighted by atomic mass is 10.1. The Kier molecular flexibility index (Phi) is 3.24. The Morgan fingerprint density at radius 2 is 1.90 bits per heavy atom. The highest BCUT2D eigenvalue weighted by Gasteiger charge is 2.41. The first-order chi connectivity index (χ1) is 9.56. The van der Waals surface area contributed by atoms with Crippen molar-refractivity contribution in [2.24, 2.45) is 5.92 Å². The van der Waals surface area contributed by atoms with Crippen molar-refractivity contribution in [3.63, 3.8) is 0 Å². The second-order valence-electron chi connectivity index (χ2n) is 5.89. The standard InChI is InChI=1S/C16H20N2O2/c1-10-3-6-13(9-11(10)2)18-8-7-14(19)17-15(16(18)20)12-4-5-12/h3,6,9,12,15H,4-5,7-8H2,1-2H3,(H,17,19). The largest absolute Gasteiger partial charge is 0.344 e. The Balaban J connectivity index is 1.91. The van der Waals surface area contributed by atoms with Crippen molar-refractivity contribution in [2.75, 3.05) is 11.4 Å². The molecule has 1 aliphatic heterocycles. The molecule has 20 heavy (non-hydrogen) atoms. The summed E-state index contributed by atoms with van der Waals surface area (Å²) < 4.78 is 0. The number of hydrogen-bond donors (Lipinski definition) is 1. The molecular formula is C16H20N2O2. The van der Waals surface area contributed by atoms with Gasteiger partial charge in [-0.2, -0.15) is 0 Å². The number of nitrogens with one attached hydrogen (secondary N) is 1. The molecule has 1 N–H and O–H groups in total. The van der Waals surface area contributed by atoms with Gasteiger partial charge in [-0.1, -0.05) is 6.07 Å². The zero-order valence-corrected chi connectivity index (χ0v) is 12.0. The molecule has 1 unspecified atom stereocenters. The van der Waals surface area contributed by atoms with Crippen molar-refractivity contribution in [2.45, 2.75) is 39.2 Å². The van der Waals surface area contributed by atoms with Crippen molar-refractivity contribution in [3.05, 3.63) is 29.3 Å². The van der Waals surface area contributed by atoms with Gasteiger partial charge in [-0.25, -0.2) is 0 Å². The van der Waals surface area contributed by atoms with Crippen LogP contribution < -0.4 is 10.2 Å². The number of anilines is 1. The lowest BCUT2D eigenvalue weighted by Gasteiger charge is -2.24. The first-order valence-electron chi connectivity index (χ1n) is 7.24. The van der Waals surface area contributed by atoms with Gasteiger partial charge in [0.1, 0.15) is 6.04 Å². The number of aryl methyl sites for hydroxylation is 2. The maximum Gasteiger partial charge on any atom is 0.249 e. The third-order valence-electron chi connectivity index (χ3n) is 4.31. The minimum absolute atomic E-state index is 0.0124. The van der Waals surface area contributed by atoms with Crippen LogP contribution in [0.3, 0.4) is 0 Å². The molecule has 1 saturated carbocycles. The van der Waals surface area contributed by atoms with E-state index in [0.29, 0.717) is 18.9 Å². The lowest BCUT2D eigenvalue weighted by Crippen LogP contribution is -2.46. The summed E-state index contributed by atoms with van der Waals surface area (Å²) in [5.41, 5.74) is 3.28. The van der Waals surface area contributed by atoms with Crippen LogP contribution in [0.25, 0.3) is 0 Å². The van der Waals surface area contributed by atoms with E-state index in [2.05, 4.69) is 12.2 Å². The number of carbonyl (C=O) groups is 2. The van der Waals surface area contributed by atoms with Gasteiger partial charge in [-0.3, -0.25) is 9.59 Å². The van der Waals surface area contributed by atoms with E-state index in [-0.39, 0.29) is 17.9 Å². The summed E-state index contributed by atoms with van der Waals surface area (Å²) in [5.74, 6) is 0.363. The Morgan fingerprint density at radius 1 is 1.15 bits per heavy atom. The fourth-order valence-corrected chi connectivity index (χ4v) is 2.70. The van der Waals surface area contributed by atoms with Crippen LogP contribution in [0.5, 0.6) is 0 Å².